The summed E-state index contributed by atoms with van der Waals surface area (Å²) in [5.74, 6) is 0.474. The van der Waals surface area contributed by atoms with Crippen LogP contribution in [0, 0.1) is 0 Å². The number of pyridine rings is 1. The van der Waals surface area contributed by atoms with Crippen molar-refractivity contribution in [3.63, 3.8) is 0 Å². The molecule has 20 heavy (non-hydrogen) atoms. The first kappa shape index (κ1) is 12.7. The van der Waals surface area contributed by atoms with E-state index in [4.69, 9.17) is 5.73 Å². The zero-order valence-corrected chi connectivity index (χ0v) is 10.9. The van der Waals surface area contributed by atoms with Crippen molar-refractivity contribution in [2.75, 3.05) is 13.1 Å². The van der Waals surface area contributed by atoms with Crippen LogP contribution in [-0.2, 0) is 0 Å². The number of aromatic nitrogens is 3. The number of carbonyl (C=O) groups is 1. The molecule has 3 rings (SSSR count). The Morgan fingerprint density at radius 1 is 1.35 bits per heavy atom. The second-order valence-corrected chi connectivity index (χ2v) is 4.76. The van der Waals surface area contributed by atoms with Gasteiger partial charge in [-0.25, -0.2) is 9.97 Å². The molecule has 1 atom stereocenters. The third-order valence-electron chi connectivity index (χ3n) is 3.41. The Morgan fingerprint density at radius 2 is 2.25 bits per heavy atom. The van der Waals surface area contributed by atoms with Crippen LogP contribution in [0.4, 0.5) is 0 Å². The summed E-state index contributed by atoms with van der Waals surface area (Å²) < 4.78 is 0. The molecule has 6 heteroatoms. The largest absolute Gasteiger partial charge is 0.365 e. The van der Waals surface area contributed by atoms with Crippen LogP contribution in [0.2, 0.25) is 0 Å². The molecule has 2 aromatic rings. The fourth-order valence-corrected chi connectivity index (χ4v) is 2.35. The van der Waals surface area contributed by atoms with Gasteiger partial charge in [-0.05, 0) is 25.1 Å². The molecule has 1 unspecified atom stereocenters. The van der Waals surface area contributed by atoms with Crippen LogP contribution in [-0.4, -0.2) is 33.9 Å². The number of hydrogen-bond donors (Lipinski definition) is 2. The molecular formula is C14H15N5O. The zero-order chi connectivity index (χ0) is 13.9. The monoisotopic (exact) mass is 269 g/mol. The third-order valence-corrected chi connectivity index (χ3v) is 3.41. The lowest BCUT2D eigenvalue weighted by atomic mass is 10.1. The quantitative estimate of drug-likeness (QED) is 0.856. The summed E-state index contributed by atoms with van der Waals surface area (Å²) in [4.78, 5) is 24.6. The van der Waals surface area contributed by atoms with Gasteiger partial charge in [-0.3, -0.25) is 9.78 Å². The molecule has 6 nitrogen and oxygen atoms in total. The summed E-state index contributed by atoms with van der Waals surface area (Å²) in [5.41, 5.74) is 6.84. The minimum atomic E-state index is -0.540. The number of rotatable bonds is 3. The van der Waals surface area contributed by atoms with Gasteiger partial charge < -0.3 is 11.1 Å². The molecule has 0 bridgehead atoms. The molecule has 0 aromatic carbocycles. The molecule has 1 aliphatic rings. The Morgan fingerprint density at radius 3 is 2.90 bits per heavy atom. The standard InChI is InChI=1S/C14H15N5O/c15-13(20)10-8-18-14(9-4-6-16-7-9)19-12(10)11-3-1-2-5-17-11/h1-3,5,8-9,16H,4,6-7H2,(H2,15,20). The highest BCUT2D eigenvalue weighted by atomic mass is 16.1. The van der Waals surface area contributed by atoms with Crippen LogP contribution in [0.3, 0.4) is 0 Å². The maximum atomic E-state index is 11.5. The average molecular weight is 269 g/mol. The normalized spacial score (nSPS) is 18.1. The van der Waals surface area contributed by atoms with Gasteiger partial charge in [0.1, 0.15) is 11.5 Å². The Balaban J connectivity index is 2.08. The van der Waals surface area contributed by atoms with Crippen molar-refractivity contribution < 1.29 is 4.79 Å². The predicted octanol–water partition coefficient (Wildman–Crippen LogP) is 0.714. The van der Waals surface area contributed by atoms with Crippen molar-refractivity contribution in [3.05, 3.63) is 42.0 Å². The van der Waals surface area contributed by atoms with Crippen molar-refractivity contribution in [3.8, 4) is 11.4 Å². The first-order valence-corrected chi connectivity index (χ1v) is 6.54. The van der Waals surface area contributed by atoms with E-state index in [-0.39, 0.29) is 5.92 Å². The van der Waals surface area contributed by atoms with Gasteiger partial charge in [0.25, 0.3) is 5.91 Å². The summed E-state index contributed by atoms with van der Waals surface area (Å²) in [6.45, 7) is 1.82. The van der Waals surface area contributed by atoms with E-state index in [1.54, 1.807) is 6.20 Å². The number of carbonyl (C=O) groups excluding carboxylic acids is 1. The van der Waals surface area contributed by atoms with Crippen LogP contribution >= 0.6 is 0 Å². The van der Waals surface area contributed by atoms with Crippen molar-refractivity contribution in [1.29, 1.82) is 0 Å². The average Bonchev–Trinajstić information content (AvgIpc) is 3.02. The summed E-state index contributed by atoms with van der Waals surface area (Å²) in [6.07, 6.45) is 4.17. The summed E-state index contributed by atoms with van der Waals surface area (Å²) in [5, 5.41) is 3.28. The Hall–Kier alpha value is -2.34. The van der Waals surface area contributed by atoms with Crippen LogP contribution in [0.5, 0.6) is 0 Å². The van der Waals surface area contributed by atoms with Gasteiger partial charge in [0.15, 0.2) is 0 Å². The number of primary amides is 1. The molecule has 3 N–H and O–H groups in total. The van der Waals surface area contributed by atoms with Gasteiger partial charge in [0.2, 0.25) is 0 Å². The van der Waals surface area contributed by atoms with E-state index < -0.39 is 5.91 Å². The molecule has 0 aliphatic carbocycles. The summed E-state index contributed by atoms with van der Waals surface area (Å²) >= 11 is 0. The second kappa shape index (κ2) is 5.34. The maximum absolute atomic E-state index is 11.5. The molecule has 1 amide bonds. The van der Waals surface area contributed by atoms with Crippen molar-refractivity contribution in [1.82, 2.24) is 20.3 Å². The SMILES string of the molecule is NC(=O)c1cnc(C2CCNC2)nc1-c1ccccn1. The van der Waals surface area contributed by atoms with E-state index in [1.165, 1.54) is 6.20 Å². The predicted molar refractivity (Wildman–Crippen MR) is 74.0 cm³/mol. The lowest BCUT2D eigenvalue weighted by molar-refractivity contribution is 0.1000. The number of nitrogens with zero attached hydrogens (tertiary/aromatic N) is 3. The van der Waals surface area contributed by atoms with Gasteiger partial charge in [0, 0.05) is 24.9 Å². The molecule has 1 aliphatic heterocycles. The second-order valence-electron chi connectivity index (χ2n) is 4.76. The third kappa shape index (κ3) is 2.37. The van der Waals surface area contributed by atoms with Crippen LogP contribution in [0.25, 0.3) is 11.4 Å². The number of hydrogen-bond acceptors (Lipinski definition) is 5. The fraction of sp³-hybridized carbons (Fsp3) is 0.286. The highest BCUT2D eigenvalue weighted by Crippen LogP contribution is 2.24. The van der Waals surface area contributed by atoms with E-state index in [9.17, 15) is 4.79 Å². The number of nitrogens with one attached hydrogen (secondary N) is 1. The first-order chi connectivity index (χ1) is 9.75. The van der Waals surface area contributed by atoms with Gasteiger partial charge in [-0.2, -0.15) is 0 Å². The molecule has 102 valence electrons. The van der Waals surface area contributed by atoms with E-state index >= 15 is 0 Å². The lowest BCUT2D eigenvalue weighted by Crippen LogP contribution is -2.17. The van der Waals surface area contributed by atoms with E-state index in [2.05, 4.69) is 20.3 Å². The fourth-order valence-electron chi connectivity index (χ4n) is 2.35. The van der Waals surface area contributed by atoms with Crippen LogP contribution < -0.4 is 11.1 Å². The molecule has 0 saturated carbocycles. The molecule has 2 aromatic heterocycles. The highest BCUT2D eigenvalue weighted by Gasteiger charge is 2.22. The van der Waals surface area contributed by atoms with Crippen molar-refractivity contribution >= 4 is 5.91 Å². The van der Waals surface area contributed by atoms with Gasteiger partial charge in [-0.15, -0.1) is 0 Å². The minimum absolute atomic E-state index is 0.277. The zero-order valence-electron chi connectivity index (χ0n) is 10.9. The Kier molecular flexibility index (Phi) is 3.39. The molecular weight excluding hydrogens is 254 g/mol. The highest BCUT2D eigenvalue weighted by molar-refractivity contribution is 5.98. The van der Waals surface area contributed by atoms with Crippen LogP contribution in [0.1, 0.15) is 28.5 Å². The smallest absolute Gasteiger partial charge is 0.252 e. The molecule has 1 fully saturated rings. The molecule has 0 spiro atoms. The number of amides is 1. The Bertz CT molecular complexity index is 623. The number of nitrogens with two attached hydrogens (primary N) is 1. The van der Waals surface area contributed by atoms with Crippen molar-refractivity contribution in [2.24, 2.45) is 5.73 Å². The first-order valence-electron chi connectivity index (χ1n) is 6.54. The van der Waals surface area contributed by atoms with Crippen molar-refractivity contribution in [2.45, 2.75) is 12.3 Å². The van der Waals surface area contributed by atoms with E-state index in [0.29, 0.717) is 17.0 Å². The molecule has 3 heterocycles. The summed E-state index contributed by atoms with van der Waals surface area (Å²) in [7, 11) is 0. The van der Waals surface area contributed by atoms with Gasteiger partial charge >= 0.3 is 0 Å². The van der Waals surface area contributed by atoms with E-state index in [1.807, 2.05) is 18.2 Å². The van der Waals surface area contributed by atoms with E-state index in [0.717, 1.165) is 25.3 Å². The summed E-state index contributed by atoms with van der Waals surface area (Å²) in [6, 6.07) is 5.48. The Labute approximate surface area is 116 Å². The topological polar surface area (TPSA) is 93.8 Å². The molecule has 0 radical (unpaired) electrons. The minimum Gasteiger partial charge on any atom is -0.365 e. The lowest BCUT2D eigenvalue weighted by Gasteiger charge is -2.11. The van der Waals surface area contributed by atoms with Gasteiger partial charge in [0.05, 0.1) is 11.3 Å². The van der Waals surface area contributed by atoms with Crippen LogP contribution in [0.15, 0.2) is 30.6 Å². The molecule has 1 saturated heterocycles. The maximum Gasteiger partial charge on any atom is 0.252 e. The van der Waals surface area contributed by atoms with Gasteiger partial charge in [-0.1, -0.05) is 6.07 Å².